The highest BCUT2D eigenvalue weighted by molar-refractivity contribution is 7.98. The van der Waals surface area contributed by atoms with Crippen LogP contribution in [0.3, 0.4) is 0 Å². The largest absolute Gasteiger partial charge is 0.302 e. The van der Waals surface area contributed by atoms with Crippen molar-refractivity contribution in [1.82, 2.24) is 9.62 Å². The second-order valence-corrected chi connectivity index (χ2v) is 4.15. The summed E-state index contributed by atoms with van der Waals surface area (Å²) in [5.41, 5.74) is 0. The van der Waals surface area contributed by atoms with Gasteiger partial charge < -0.3 is 4.90 Å². The predicted molar refractivity (Wildman–Crippen MR) is 52.0 cm³/mol. The van der Waals surface area contributed by atoms with E-state index in [4.69, 9.17) is 11.6 Å². The van der Waals surface area contributed by atoms with Crippen molar-refractivity contribution in [2.75, 3.05) is 31.4 Å². The molecule has 11 heavy (non-hydrogen) atoms. The Labute approximate surface area is 77.8 Å². The van der Waals surface area contributed by atoms with Gasteiger partial charge in [-0.15, -0.1) is 11.6 Å². The Balaban J connectivity index is 1.86. The van der Waals surface area contributed by atoms with Crippen molar-refractivity contribution >= 4 is 23.5 Å². The summed E-state index contributed by atoms with van der Waals surface area (Å²) in [4.78, 5) is 2.49. The third-order valence-corrected chi connectivity index (χ3v) is 2.73. The van der Waals surface area contributed by atoms with Gasteiger partial charge in [0.2, 0.25) is 0 Å². The number of hydrogen-bond donors (Lipinski definition) is 1. The molecule has 0 aromatic carbocycles. The molecule has 4 heteroatoms. The summed E-state index contributed by atoms with van der Waals surface area (Å²) in [7, 11) is 0. The van der Waals surface area contributed by atoms with Gasteiger partial charge in [-0.2, -0.15) is 0 Å². The van der Waals surface area contributed by atoms with Crippen molar-refractivity contribution in [2.45, 2.75) is 12.8 Å². The maximum absolute atomic E-state index is 5.48. The van der Waals surface area contributed by atoms with E-state index in [0.717, 1.165) is 6.54 Å². The molecule has 1 rings (SSSR count). The smallest absolute Gasteiger partial charge is 0.0825 e. The van der Waals surface area contributed by atoms with Gasteiger partial charge in [0.25, 0.3) is 0 Å². The van der Waals surface area contributed by atoms with Crippen LogP contribution in [0, 0.1) is 0 Å². The lowest BCUT2D eigenvalue weighted by Gasteiger charge is -2.13. The Morgan fingerprint density at radius 1 is 1.36 bits per heavy atom. The molecule has 66 valence electrons. The molecule has 0 unspecified atom stereocenters. The number of hydrogen-bond acceptors (Lipinski definition) is 3. The van der Waals surface area contributed by atoms with Gasteiger partial charge in [-0.25, -0.2) is 0 Å². The van der Waals surface area contributed by atoms with E-state index in [1.165, 1.54) is 32.5 Å². The molecule has 1 fully saturated rings. The zero-order valence-electron chi connectivity index (χ0n) is 6.68. The highest BCUT2D eigenvalue weighted by Gasteiger charge is 2.09. The molecule has 1 N–H and O–H groups in total. The minimum absolute atomic E-state index is 0.639. The lowest BCUT2D eigenvalue weighted by molar-refractivity contribution is 0.345. The lowest BCUT2D eigenvalue weighted by atomic mass is 10.4. The first-order valence-corrected chi connectivity index (χ1v) is 5.58. The van der Waals surface area contributed by atoms with E-state index in [0.29, 0.717) is 5.21 Å². The number of likely N-dealkylation sites (tertiary alicyclic amines) is 1. The molecule has 0 atom stereocenters. The maximum Gasteiger partial charge on any atom is 0.0825 e. The Morgan fingerprint density at radius 3 is 2.73 bits per heavy atom. The van der Waals surface area contributed by atoms with Gasteiger partial charge in [-0.1, -0.05) is 11.9 Å². The minimum atomic E-state index is 0.639. The Bertz CT molecular complexity index is 96.4. The molecule has 0 aliphatic carbocycles. The van der Waals surface area contributed by atoms with E-state index < -0.39 is 0 Å². The summed E-state index contributed by atoms with van der Waals surface area (Å²) < 4.78 is 3.20. The van der Waals surface area contributed by atoms with E-state index in [-0.39, 0.29) is 0 Å². The van der Waals surface area contributed by atoms with Gasteiger partial charge in [0.05, 0.1) is 5.21 Å². The van der Waals surface area contributed by atoms with E-state index in [9.17, 15) is 0 Å². The third-order valence-electron chi connectivity index (χ3n) is 1.89. The fourth-order valence-corrected chi connectivity index (χ4v) is 1.86. The molecule has 1 aliphatic rings. The fourth-order valence-electron chi connectivity index (χ4n) is 1.32. The van der Waals surface area contributed by atoms with Crippen LogP contribution in [0.15, 0.2) is 0 Å². The summed E-state index contributed by atoms with van der Waals surface area (Å²) in [6.45, 7) is 4.79. The standard InChI is InChI=1S/C7H15ClN2S/c8-7-11-9-3-6-10-4-1-2-5-10/h9H,1-7H2. The molecule has 0 amide bonds. The molecule has 1 saturated heterocycles. The van der Waals surface area contributed by atoms with Gasteiger partial charge in [0.15, 0.2) is 0 Å². The van der Waals surface area contributed by atoms with Crippen molar-refractivity contribution in [2.24, 2.45) is 0 Å². The molecule has 0 radical (unpaired) electrons. The van der Waals surface area contributed by atoms with Crippen LogP contribution in [0.4, 0.5) is 0 Å². The van der Waals surface area contributed by atoms with Gasteiger partial charge in [-0.3, -0.25) is 4.72 Å². The highest BCUT2D eigenvalue weighted by Crippen LogP contribution is 2.05. The second kappa shape index (κ2) is 6.12. The SMILES string of the molecule is ClCSNCCN1CCCC1. The van der Waals surface area contributed by atoms with Crippen LogP contribution in [0.25, 0.3) is 0 Å². The Hall–Kier alpha value is 0.560. The topological polar surface area (TPSA) is 15.3 Å². The molecule has 1 aliphatic heterocycles. The molecule has 1 heterocycles. The molecule has 2 nitrogen and oxygen atoms in total. The maximum atomic E-state index is 5.48. The predicted octanol–water partition coefficient (Wildman–Crippen LogP) is 1.52. The average molecular weight is 195 g/mol. The normalized spacial score (nSPS) is 19.4. The highest BCUT2D eigenvalue weighted by atomic mass is 35.5. The summed E-state index contributed by atoms with van der Waals surface area (Å²) in [6, 6.07) is 0. The molecular formula is C7H15ClN2S. The summed E-state index contributed by atoms with van der Waals surface area (Å²) in [5, 5.41) is 0.639. The monoisotopic (exact) mass is 194 g/mol. The van der Waals surface area contributed by atoms with Crippen LogP contribution in [0.2, 0.25) is 0 Å². The first kappa shape index (κ1) is 9.65. The van der Waals surface area contributed by atoms with E-state index in [1.54, 1.807) is 11.9 Å². The van der Waals surface area contributed by atoms with Crippen LogP contribution < -0.4 is 4.72 Å². The van der Waals surface area contributed by atoms with Gasteiger partial charge in [0, 0.05) is 13.1 Å². The average Bonchev–Trinajstić information content (AvgIpc) is 2.50. The Morgan fingerprint density at radius 2 is 2.09 bits per heavy atom. The van der Waals surface area contributed by atoms with Gasteiger partial charge in [-0.05, 0) is 25.9 Å². The zero-order valence-corrected chi connectivity index (χ0v) is 8.26. The second-order valence-electron chi connectivity index (χ2n) is 2.70. The van der Waals surface area contributed by atoms with Crippen LogP contribution in [0.1, 0.15) is 12.8 Å². The number of halogens is 1. The fraction of sp³-hybridized carbons (Fsp3) is 1.00. The number of alkyl halides is 1. The molecule has 0 aromatic heterocycles. The minimum Gasteiger partial charge on any atom is -0.302 e. The van der Waals surface area contributed by atoms with Crippen LogP contribution >= 0.6 is 23.5 Å². The van der Waals surface area contributed by atoms with E-state index >= 15 is 0 Å². The van der Waals surface area contributed by atoms with Crippen LogP contribution in [-0.2, 0) is 0 Å². The van der Waals surface area contributed by atoms with E-state index in [2.05, 4.69) is 9.62 Å². The molecular weight excluding hydrogens is 180 g/mol. The van der Waals surface area contributed by atoms with E-state index in [1.807, 2.05) is 0 Å². The Kier molecular flexibility index (Phi) is 5.37. The first-order chi connectivity index (χ1) is 5.43. The number of nitrogens with zero attached hydrogens (tertiary/aromatic N) is 1. The number of rotatable bonds is 5. The summed E-state index contributed by atoms with van der Waals surface area (Å²) >= 11 is 7.06. The molecule has 0 saturated carbocycles. The van der Waals surface area contributed by atoms with Crippen molar-refractivity contribution in [3.63, 3.8) is 0 Å². The molecule has 0 aromatic rings. The number of nitrogens with one attached hydrogen (secondary N) is 1. The van der Waals surface area contributed by atoms with Crippen LogP contribution in [-0.4, -0.2) is 36.3 Å². The summed E-state index contributed by atoms with van der Waals surface area (Å²) in [5.74, 6) is 0. The third kappa shape index (κ3) is 4.21. The summed E-state index contributed by atoms with van der Waals surface area (Å²) in [6.07, 6.45) is 2.76. The van der Waals surface area contributed by atoms with Crippen molar-refractivity contribution in [3.8, 4) is 0 Å². The molecule has 0 spiro atoms. The van der Waals surface area contributed by atoms with Gasteiger partial charge >= 0.3 is 0 Å². The van der Waals surface area contributed by atoms with Gasteiger partial charge in [0.1, 0.15) is 0 Å². The van der Waals surface area contributed by atoms with Crippen molar-refractivity contribution < 1.29 is 0 Å². The molecule has 0 bridgehead atoms. The van der Waals surface area contributed by atoms with Crippen molar-refractivity contribution in [1.29, 1.82) is 0 Å². The quantitative estimate of drug-likeness (QED) is 0.406. The zero-order chi connectivity index (χ0) is 7.94. The van der Waals surface area contributed by atoms with Crippen molar-refractivity contribution in [3.05, 3.63) is 0 Å². The van der Waals surface area contributed by atoms with Crippen LogP contribution in [0.5, 0.6) is 0 Å². The first-order valence-electron chi connectivity index (χ1n) is 4.06. The lowest BCUT2D eigenvalue weighted by Crippen LogP contribution is -2.27.